The fraction of sp³-hybridized carbons (Fsp3) is 0.917. The van der Waals surface area contributed by atoms with E-state index in [-0.39, 0.29) is 9.52 Å². The van der Waals surface area contributed by atoms with Crippen LogP contribution in [0, 0.1) is 0 Å². The SMILES string of the molecule is CCCCC(CCCC)[SiH2]CCO[C]=O. The highest BCUT2D eigenvalue weighted by molar-refractivity contribution is 6.37. The van der Waals surface area contributed by atoms with Gasteiger partial charge in [0, 0.05) is 9.52 Å². The molecule has 3 heteroatoms. The molecule has 0 spiro atoms. The lowest BCUT2D eigenvalue weighted by Gasteiger charge is -2.15. The maximum atomic E-state index is 9.86. The Morgan fingerprint density at radius 1 is 1.20 bits per heavy atom. The molecule has 1 radical (unpaired) electrons. The lowest BCUT2D eigenvalue weighted by molar-refractivity contribution is 0.295. The number of carbonyl (C=O) groups excluding carboxylic acids is 1. The molecule has 0 aliphatic heterocycles. The van der Waals surface area contributed by atoms with Gasteiger partial charge in [0.1, 0.15) is 0 Å². The van der Waals surface area contributed by atoms with Crippen LogP contribution in [0.25, 0.3) is 0 Å². The van der Waals surface area contributed by atoms with Crippen molar-refractivity contribution in [2.24, 2.45) is 0 Å². The molecule has 0 atom stereocenters. The number of hydrogen-bond acceptors (Lipinski definition) is 2. The minimum Gasteiger partial charge on any atom is -0.458 e. The first-order valence-electron chi connectivity index (χ1n) is 6.34. The quantitative estimate of drug-likeness (QED) is 0.402. The first-order valence-corrected chi connectivity index (χ1v) is 8.15. The van der Waals surface area contributed by atoms with Crippen LogP contribution in [-0.4, -0.2) is 22.6 Å². The van der Waals surface area contributed by atoms with Crippen LogP contribution in [-0.2, 0) is 9.53 Å². The smallest absolute Gasteiger partial charge is 0.417 e. The molecule has 0 saturated heterocycles. The van der Waals surface area contributed by atoms with Gasteiger partial charge in [-0.05, 0) is 6.04 Å². The Bertz CT molecular complexity index is 132. The maximum absolute atomic E-state index is 9.86. The van der Waals surface area contributed by atoms with Gasteiger partial charge in [-0.2, -0.15) is 0 Å². The predicted octanol–water partition coefficient (Wildman–Crippen LogP) is 2.83. The summed E-state index contributed by atoms with van der Waals surface area (Å²) < 4.78 is 4.62. The topological polar surface area (TPSA) is 26.3 Å². The second kappa shape index (κ2) is 11.8. The molecule has 15 heavy (non-hydrogen) atoms. The molecule has 0 unspecified atom stereocenters. The van der Waals surface area contributed by atoms with E-state index in [1.165, 1.54) is 45.0 Å². The Morgan fingerprint density at radius 3 is 2.27 bits per heavy atom. The van der Waals surface area contributed by atoms with Crippen LogP contribution in [0.15, 0.2) is 0 Å². The van der Waals surface area contributed by atoms with Gasteiger partial charge in [-0.25, -0.2) is 4.79 Å². The Labute approximate surface area is 96.6 Å². The van der Waals surface area contributed by atoms with Gasteiger partial charge in [-0.15, -0.1) is 0 Å². The van der Waals surface area contributed by atoms with E-state index in [9.17, 15) is 4.79 Å². The molecule has 0 aromatic carbocycles. The first kappa shape index (κ1) is 14.7. The molecule has 0 fully saturated rings. The average molecular weight is 229 g/mol. The predicted molar refractivity (Wildman–Crippen MR) is 67.8 cm³/mol. The second-order valence-electron chi connectivity index (χ2n) is 4.22. The molecule has 0 heterocycles. The first-order chi connectivity index (χ1) is 7.35. The third-order valence-corrected chi connectivity index (χ3v) is 5.18. The van der Waals surface area contributed by atoms with Crippen LogP contribution >= 0.6 is 0 Å². The van der Waals surface area contributed by atoms with E-state index in [0.29, 0.717) is 6.61 Å². The Hall–Kier alpha value is -0.313. The van der Waals surface area contributed by atoms with Gasteiger partial charge in [0.2, 0.25) is 0 Å². The highest BCUT2D eigenvalue weighted by atomic mass is 28.2. The van der Waals surface area contributed by atoms with Crippen molar-refractivity contribution < 1.29 is 9.53 Å². The largest absolute Gasteiger partial charge is 0.458 e. The van der Waals surface area contributed by atoms with Gasteiger partial charge >= 0.3 is 6.47 Å². The van der Waals surface area contributed by atoms with Crippen molar-refractivity contribution in [2.45, 2.75) is 64.0 Å². The molecular formula is C12H25O2Si. The van der Waals surface area contributed by atoms with E-state index in [1.807, 2.05) is 0 Å². The van der Waals surface area contributed by atoms with E-state index in [4.69, 9.17) is 0 Å². The zero-order chi connectivity index (χ0) is 11.4. The normalized spacial score (nSPS) is 11.4. The van der Waals surface area contributed by atoms with Crippen LogP contribution in [0.4, 0.5) is 0 Å². The summed E-state index contributed by atoms with van der Waals surface area (Å²) in [5.41, 5.74) is 0.972. The Morgan fingerprint density at radius 2 is 1.80 bits per heavy atom. The molecule has 2 nitrogen and oxygen atoms in total. The van der Waals surface area contributed by atoms with Gasteiger partial charge in [0.05, 0.1) is 6.61 Å². The van der Waals surface area contributed by atoms with Crippen molar-refractivity contribution >= 4 is 16.0 Å². The molecule has 0 aromatic heterocycles. The van der Waals surface area contributed by atoms with E-state index >= 15 is 0 Å². The van der Waals surface area contributed by atoms with Gasteiger partial charge in [0.25, 0.3) is 0 Å². The van der Waals surface area contributed by atoms with Gasteiger partial charge in [0.15, 0.2) is 0 Å². The van der Waals surface area contributed by atoms with Gasteiger partial charge < -0.3 is 4.74 Å². The zero-order valence-corrected chi connectivity index (χ0v) is 11.7. The van der Waals surface area contributed by atoms with Crippen molar-refractivity contribution in [2.75, 3.05) is 6.61 Å². The monoisotopic (exact) mass is 229 g/mol. The minimum absolute atomic E-state index is 0.0395. The summed E-state index contributed by atoms with van der Waals surface area (Å²) in [6, 6.07) is 1.13. The molecule has 0 aromatic rings. The van der Waals surface area contributed by atoms with Crippen LogP contribution in [0.3, 0.4) is 0 Å². The summed E-state index contributed by atoms with van der Waals surface area (Å²) in [5.74, 6) is 0. The van der Waals surface area contributed by atoms with Crippen molar-refractivity contribution in [3.05, 3.63) is 0 Å². The van der Waals surface area contributed by atoms with E-state index < -0.39 is 0 Å². The highest BCUT2D eigenvalue weighted by Crippen LogP contribution is 2.21. The molecule has 0 bridgehead atoms. The second-order valence-corrected chi connectivity index (χ2v) is 6.66. The summed E-state index contributed by atoms with van der Waals surface area (Å²) in [7, 11) is -0.0395. The standard InChI is InChI=1S/C12H25O2Si/c1-3-5-7-12(8-6-4-2)15-10-9-14-11-13/h12H,3-10,15H2,1-2H3. The maximum Gasteiger partial charge on any atom is 0.417 e. The summed E-state index contributed by atoms with van der Waals surface area (Å²) in [4.78, 5) is 9.86. The van der Waals surface area contributed by atoms with Crippen molar-refractivity contribution in [1.29, 1.82) is 0 Å². The fourth-order valence-corrected chi connectivity index (χ4v) is 3.95. The van der Waals surface area contributed by atoms with Crippen LogP contribution in [0.2, 0.25) is 11.6 Å². The molecule has 89 valence electrons. The number of rotatable bonds is 11. The molecule has 0 amide bonds. The van der Waals surface area contributed by atoms with E-state index in [0.717, 1.165) is 11.6 Å². The summed E-state index contributed by atoms with van der Waals surface area (Å²) >= 11 is 0. The van der Waals surface area contributed by atoms with Crippen LogP contribution in [0.5, 0.6) is 0 Å². The Balaban J connectivity index is 3.53. The zero-order valence-electron chi connectivity index (χ0n) is 10.3. The molecule has 0 saturated carbocycles. The van der Waals surface area contributed by atoms with Crippen LogP contribution < -0.4 is 0 Å². The summed E-state index contributed by atoms with van der Waals surface area (Å²) in [6.45, 7) is 6.61. The molecule has 0 aliphatic carbocycles. The molecule has 0 N–H and O–H groups in total. The minimum atomic E-state index is -0.0395. The van der Waals surface area contributed by atoms with Gasteiger partial charge in [-0.3, -0.25) is 0 Å². The molecule has 0 rings (SSSR count). The van der Waals surface area contributed by atoms with E-state index in [2.05, 4.69) is 18.6 Å². The third-order valence-electron chi connectivity index (χ3n) is 2.85. The lowest BCUT2D eigenvalue weighted by Crippen LogP contribution is -2.07. The summed E-state index contributed by atoms with van der Waals surface area (Å²) in [5, 5.41) is 0. The lowest BCUT2D eigenvalue weighted by atomic mass is 10.1. The number of hydrogen-bond donors (Lipinski definition) is 0. The van der Waals surface area contributed by atoms with Gasteiger partial charge in [-0.1, -0.05) is 57.9 Å². The molecule has 0 aliphatic rings. The summed E-state index contributed by atoms with van der Waals surface area (Å²) in [6.07, 6.45) is 8.12. The highest BCUT2D eigenvalue weighted by Gasteiger charge is 2.08. The third kappa shape index (κ3) is 9.98. The van der Waals surface area contributed by atoms with Crippen LogP contribution in [0.1, 0.15) is 52.4 Å². The number of ether oxygens (including phenoxy) is 1. The van der Waals surface area contributed by atoms with Crippen molar-refractivity contribution in [3.63, 3.8) is 0 Å². The number of unbranched alkanes of at least 4 members (excludes halogenated alkanes) is 2. The fourth-order valence-electron chi connectivity index (χ4n) is 1.90. The van der Waals surface area contributed by atoms with Crippen molar-refractivity contribution in [3.8, 4) is 0 Å². The van der Waals surface area contributed by atoms with Crippen molar-refractivity contribution in [1.82, 2.24) is 0 Å². The Kier molecular flexibility index (Phi) is 11.5. The average Bonchev–Trinajstić information content (AvgIpc) is 2.27. The van der Waals surface area contributed by atoms with E-state index in [1.54, 1.807) is 0 Å². The molecular weight excluding hydrogens is 204 g/mol.